The molecule has 2 aromatic rings. The Kier molecular flexibility index (Phi) is 4.54. The average molecular weight is 330 g/mol. The Morgan fingerprint density at radius 3 is 2.55 bits per heavy atom. The van der Waals surface area contributed by atoms with E-state index in [9.17, 15) is 4.79 Å². The van der Waals surface area contributed by atoms with Crippen molar-refractivity contribution in [3.63, 3.8) is 0 Å². The summed E-state index contributed by atoms with van der Waals surface area (Å²) in [4.78, 5) is 11.6. The van der Waals surface area contributed by atoms with Gasteiger partial charge in [-0.2, -0.15) is 5.26 Å². The molecule has 0 aliphatic rings. The van der Waals surface area contributed by atoms with Crippen LogP contribution in [0.3, 0.4) is 0 Å². The molecule has 2 rings (SSSR count). The Hall–Kier alpha value is -2.12. The Morgan fingerprint density at radius 1 is 1.25 bits per heavy atom. The summed E-state index contributed by atoms with van der Waals surface area (Å²) in [6.07, 6.45) is 0.371. The van der Waals surface area contributed by atoms with Crippen molar-refractivity contribution in [1.29, 1.82) is 5.26 Å². The maximum absolute atomic E-state index is 11.6. The first kappa shape index (κ1) is 14.3. The number of ether oxygens (including phenoxy) is 1. The zero-order valence-corrected chi connectivity index (χ0v) is 12.5. The second-order valence-electron chi connectivity index (χ2n) is 4.28. The molecule has 0 aliphatic carbocycles. The molecule has 0 radical (unpaired) electrons. The van der Waals surface area contributed by atoms with Gasteiger partial charge >= 0.3 is 0 Å². The van der Waals surface area contributed by atoms with Gasteiger partial charge in [-0.25, -0.2) is 0 Å². The molecule has 0 aromatic heterocycles. The van der Waals surface area contributed by atoms with Gasteiger partial charge in [-0.3, -0.25) is 4.79 Å². The lowest BCUT2D eigenvalue weighted by Crippen LogP contribution is -1.97. The van der Waals surface area contributed by atoms with Gasteiger partial charge in [0, 0.05) is 4.47 Å². The summed E-state index contributed by atoms with van der Waals surface area (Å²) in [7, 11) is 0. The smallest absolute Gasteiger partial charge is 0.163 e. The number of carbonyl (C=O) groups is 1. The predicted octanol–water partition coefficient (Wildman–Crippen LogP) is 4.51. The summed E-state index contributed by atoms with van der Waals surface area (Å²) >= 11 is 3.36. The number of halogens is 1. The van der Waals surface area contributed by atoms with Gasteiger partial charge in [0.15, 0.2) is 5.78 Å². The van der Waals surface area contributed by atoms with E-state index in [-0.39, 0.29) is 5.78 Å². The fourth-order valence-electron chi connectivity index (χ4n) is 1.77. The summed E-state index contributed by atoms with van der Waals surface area (Å²) in [6.45, 7) is 1.51. The second kappa shape index (κ2) is 6.36. The Labute approximate surface area is 125 Å². The molecule has 0 atom stereocenters. The summed E-state index contributed by atoms with van der Waals surface area (Å²) < 4.78 is 6.60. The molecule has 4 heteroatoms. The van der Waals surface area contributed by atoms with Gasteiger partial charge in [-0.1, -0.05) is 28.1 Å². The summed E-state index contributed by atoms with van der Waals surface area (Å²) in [5.41, 5.74) is 1.47. The molecule has 0 saturated heterocycles. The second-order valence-corrected chi connectivity index (χ2v) is 5.19. The van der Waals surface area contributed by atoms with Crippen LogP contribution in [0.15, 0.2) is 46.9 Å². The molecule has 0 spiro atoms. The highest BCUT2D eigenvalue weighted by molar-refractivity contribution is 9.10. The van der Waals surface area contributed by atoms with E-state index in [1.54, 1.807) is 30.3 Å². The van der Waals surface area contributed by atoms with E-state index in [1.807, 2.05) is 12.1 Å². The van der Waals surface area contributed by atoms with Gasteiger partial charge in [0.2, 0.25) is 0 Å². The highest BCUT2D eigenvalue weighted by atomic mass is 79.9. The Bertz CT molecular complexity index is 672. The molecule has 3 nitrogen and oxygen atoms in total. The van der Waals surface area contributed by atoms with Crippen molar-refractivity contribution in [3.8, 4) is 17.6 Å². The monoisotopic (exact) mass is 329 g/mol. The van der Waals surface area contributed by atoms with Crippen LogP contribution >= 0.6 is 15.9 Å². The minimum atomic E-state index is -0.0476. The number of nitrogens with zero attached hydrogens (tertiary/aromatic N) is 1. The lowest BCUT2D eigenvalue weighted by atomic mass is 10.1. The third-order valence-corrected chi connectivity index (χ3v) is 3.25. The number of hydrogen-bond donors (Lipinski definition) is 0. The fraction of sp³-hybridized carbons (Fsp3) is 0.125. The average Bonchev–Trinajstić information content (AvgIpc) is 2.41. The lowest BCUT2D eigenvalue weighted by molar-refractivity contribution is 0.101. The van der Waals surface area contributed by atoms with Crippen molar-refractivity contribution < 1.29 is 9.53 Å². The lowest BCUT2D eigenvalue weighted by Gasteiger charge is -2.10. The number of hydrogen-bond acceptors (Lipinski definition) is 3. The first-order valence-corrected chi connectivity index (χ1v) is 6.83. The summed E-state index contributed by atoms with van der Waals surface area (Å²) in [5, 5.41) is 8.63. The predicted molar refractivity (Wildman–Crippen MR) is 80.0 cm³/mol. The first-order chi connectivity index (χ1) is 9.60. The highest BCUT2D eigenvalue weighted by Gasteiger charge is 2.10. The van der Waals surface area contributed by atoms with E-state index >= 15 is 0 Å². The standard InChI is InChI=1S/C16H12BrNO2/c1-11(19)15-7-4-13(17)10-16(15)20-14-5-2-12(3-6-14)8-9-18/h2-7,10H,8H2,1H3. The summed E-state index contributed by atoms with van der Waals surface area (Å²) in [6, 6.07) is 14.6. The largest absolute Gasteiger partial charge is 0.457 e. The van der Waals surface area contributed by atoms with Gasteiger partial charge in [-0.05, 0) is 42.8 Å². The number of nitriles is 1. The van der Waals surface area contributed by atoms with Crippen molar-refractivity contribution >= 4 is 21.7 Å². The summed E-state index contributed by atoms with van der Waals surface area (Å²) in [5.74, 6) is 1.10. The van der Waals surface area contributed by atoms with Gasteiger partial charge in [0.25, 0.3) is 0 Å². The van der Waals surface area contributed by atoms with Crippen LogP contribution in [0.25, 0.3) is 0 Å². The van der Waals surface area contributed by atoms with Crippen LogP contribution in [0.2, 0.25) is 0 Å². The third-order valence-electron chi connectivity index (χ3n) is 2.76. The number of rotatable bonds is 4. The van der Waals surface area contributed by atoms with Crippen LogP contribution in [0, 0.1) is 11.3 Å². The van der Waals surface area contributed by atoms with Crippen LogP contribution < -0.4 is 4.74 Å². The highest BCUT2D eigenvalue weighted by Crippen LogP contribution is 2.29. The molecule has 0 unspecified atom stereocenters. The quantitative estimate of drug-likeness (QED) is 0.775. The van der Waals surface area contributed by atoms with Crippen molar-refractivity contribution in [2.75, 3.05) is 0 Å². The maximum Gasteiger partial charge on any atom is 0.163 e. The van der Waals surface area contributed by atoms with Crippen LogP contribution in [-0.4, -0.2) is 5.78 Å². The van der Waals surface area contributed by atoms with Crippen molar-refractivity contribution in [2.24, 2.45) is 0 Å². The topological polar surface area (TPSA) is 50.1 Å². The molecule has 20 heavy (non-hydrogen) atoms. The molecule has 2 aromatic carbocycles. The Balaban J connectivity index is 2.27. The van der Waals surface area contributed by atoms with Crippen LogP contribution in [0.4, 0.5) is 0 Å². The molecule has 0 N–H and O–H groups in total. The van der Waals surface area contributed by atoms with Crippen molar-refractivity contribution in [1.82, 2.24) is 0 Å². The van der Waals surface area contributed by atoms with Crippen LogP contribution in [0.1, 0.15) is 22.8 Å². The first-order valence-electron chi connectivity index (χ1n) is 6.04. The van der Waals surface area contributed by atoms with E-state index in [2.05, 4.69) is 22.0 Å². The van der Waals surface area contributed by atoms with Crippen LogP contribution in [0.5, 0.6) is 11.5 Å². The van der Waals surface area contributed by atoms with Gasteiger partial charge in [0.1, 0.15) is 11.5 Å². The minimum Gasteiger partial charge on any atom is -0.457 e. The SMILES string of the molecule is CC(=O)c1ccc(Br)cc1Oc1ccc(CC#N)cc1. The van der Waals surface area contributed by atoms with Gasteiger partial charge < -0.3 is 4.74 Å². The molecule has 0 amide bonds. The van der Waals surface area contributed by atoms with E-state index in [0.717, 1.165) is 10.0 Å². The van der Waals surface area contributed by atoms with E-state index in [4.69, 9.17) is 10.00 Å². The fourth-order valence-corrected chi connectivity index (χ4v) is 2.11. The van der Waals surface area contributed by atoms with Gasteiger partial charge in [-0.15, -0.1) is 0 Å². The molecule has 0 heterocycles. The molecule has 0 bridgehead atoms. The van der Waals surface area contributed by atoms with Crippen molar-refractivity contribution in [3.05, 3.63) is 58.1 Å². The number of carbonyl (C=O) groups excluding carboxylic acids is 1. The molecule has 0 aliphatic heterocycles. The van der Waals surface area contributed by atoms with E-state index < -0.39 is 0 Å². The molecular weight excluding hydrogens is 318 g/mol. The van der Waals surface area contributed by atoms with Crippen LogP contribution in [-0.2, 0) is 6.42 Å². The zero-order chi connectivity index (χ0) is 14.5. The molecule has 100 valence electrons. The number of benzene rings is 2. The van der Waals surface area contributed by atoms with Crippen molar-refractivity contribution in [2.45, 2.75) is 13.3 Å². The van der Waals surface area contributed by atoms with E-state index in [1.165, 1.54) is 6.92 Å². The Morgan fingerprint density at radius 2 is 1.95 bits per heavy atom. The maximum atomic E-state index is 11.6. The minimum absolute atomic E-state index is 0.0476. The third kappa shape index (κ3) is 3.46. The number of Topliss-reactive ketones (excluding diaryl/α,β-unsaturated/α-hetero) is 1. The normalized spacial score (nSPS) is 9.85. The number of ketones is 1. The molecular formula is C16H12BrNO2. The zero-order valence-electron chi connectivity index (χ0n) is 10.9. The van der Waals surface area contributed by atoms with E-state index in [0.29, 0.717) is 23.5 Å². The van der Waals surface area contributed by atoms with Gasteiger partial charge in [0.05, 0.1) is 18.1 Å². The molecule has 0 fully saturated rings. The molecule has 0 saturated carbocycles.